The van der Waals surface area contributed by atoms with Gasteiger partial charge in [0.05, 0.1) is 0 Å². The molecular formula is C66H122O6. The molecule has 0 aliphatic rings. The average Bonchev–Trinajstić information content (AvgIpc) is 3.38. The molecule has 0 heterocycles. The van der Waals surface area contributed by atoms with Gasteiger partial charge in [0.2, 0.25) is 0 Å². The van der Waals surface area contributed by atoms with E-state index in [0.29, 0.717) is 19.3 Å². The van der Waals surface area contributed by atoms with Crippen molar-refractivity contribution in [2.75, 3.05) is 13.2 Å². The topological polar surface area (TPSA) is 78.9 Å². The third-order valence-electron chi connectivity index (χ3n) is 14.3. The first kappa shape index (κ1) is 69.6. The molecule has 0 spiro atoms. The third kappa shape index (κ3) is 58.5. The van der Waals surface area contributed by atoms with Gasteiger partial charge in [-0.3, -0.25) is 14.4 Å². The third-order valence-corrected chi connectivity index (χ3v) is 14.3. The Morgan fingerprint density at radius 3 is 0.875 bits per heavy atom. The SMILES string of the molecule is CCC/C=C\CCCCCCCC(=O)OCC(COC(=O)CCCCCCCCCCCCCCCCCCCCCCCCCCCCCCCC)OC(=O)CCCCCCC/C=C\C/C=C\CCCC. The highest BCUT2D eigenvalue weighted by atomic mass is 16.6. The summed E-state index contributed by atoms with van der Waals surface area (Å²) in [5, 5.41) is 0. The number of ether oxygens (including phenoxy) is 3. The Kier molecular flexibility index (Phi) is 59.2. The number of allylic oxidation sites excluding steroid dienone is 6. The molecule has 1 atom stereocenters. The Morgan fingerprint density at radius 1 is 0.278 bits per heavy atom. The minimum absolute atomic E-state index is 0.0772. The van der Waals surface area contributed by atoms with Crippen molar-refractivity contribution in [1.29, 1.82) is 0 Å². The maximum absolute atomic E-state index is 12.8. The van der Waals surface area contributed by atoms with Crippen LogP contribution in [0, 0.1) is 0 Å². The largest absolute Gasteiger partial charge is 0.462 e. The molecule has 0 amide bonds. The van der Waals surface area contributed by atoms with Crippen LogP contribution in [0.3, 0.4) is 0 Å². The number of rotatable bonds is 59. The lowest BCUT2D eigenvalue weighted by Gasteiger charge is -2.18. The van der Waals surface area contributed by atoms with E-state index >= 15 is 0 Å². The second-order valence-electron chi connectivity index (χ2n) is 21.7. The zero-order valence-corrected chi connectivity index (χ0v) is 48.5. The molecule has 0 aliphatic heterocycles. The molecule has 0 aromatic carbocycles. The van der Waals surface area contributed by atoms with Gasteiger partial charge < -0.3 is 14.2 Å². The predicted molar refractivity (Wildman–Crippen MR) is 312 cm³/mol. The van der Waals surface area contributed by atoms with Gasteiger partial charge in [-0.2, -0.15) is 0 Å². The summed E-state index contributed by atoms with van der Waals surface area (Å²) in [6.07, 6.45) is 74.7. The summed E-state index contributed by atoms with van der Waals surface area (Å²) in [7, 11) is 0. The van der Waals surface area contributed by atoms with E-state index < -0.39 is 6.10 Å². The Hall–Kier alpha value is -2.37. The van der Waals surface area contributed by atoms with Gasteiger partial charge in [-0.25, -0.2) is 0 Å². The first-order valence-electron chi connectivity index (χ1n) is 32.0. The summed E-state index contributed by atoms with van der Waals surface area (Å²) in [6.45, 7) is 6.57. The summed E-state index contributed by atoms with van der Waals surface area (Å²) >= 11 is 0. The Labute approximate surface area is 448 Å². The van der Waals surface area contributed by atoms with Crippen LogP contribution in [0.4, 0.5) is 0 Å². The second kappa shape index (κ2) is 61.2. The van der Waals surface area contributed by atoms with Crippen LogP contribution < -0.4 is 0 Å². The van der Waals surface area contributed by atoms with Crippen LogP contribution in [-0.2, 0) is 28.6 Å². The molecule has 72 heavy (non-hydrogen) atoms. The second-order valence-corrected chi connectivity index (χ2v) is 21.7. The van der Waals surface area contributed by atoms with Gasteiger partial charge in [-0.05, 0) is 64.2 Å². The van der Waals surface area contributed by atoms with Crippen molar-refractivity contribution in [2.45, 2.75) is 354 Å². The highest BCUT2D eigenvalue weighted by Crippen LogP contribution is 2.18. The molecule has 0 N–H and O–H groups in total. The van der Waals surface area contributed by atoms with Crippen molar-refractivity contribution in [3.8, 4) is 0 Å². The van der Waals surface area contributed by atoms with Crippen LogP contribution in [0.15, 0.2) is 36.5 Å². The zero-order chi connectivity index (χ0) is 52.2. The fourth-order valence-corrected chi connectivity index (χ4v) is 9.52. The van der Waals surface area contributed by atoms with Gasteiger partial charge in [-0.15, -0.1) is 0 Å². The normalized spacial score (nSPS) is 12.2. The number of carbonyl (C=O) groups excluding carboxylic acids is 3. The fraction of sp³-hybridized carbons (Fsp3) is 0.864. The number of unbranched alkanes of at least 4 members (excludes halogenated alkanes) is 42. The number of hydrogen-bond acceptors (Lipinski definition) is 6. The van der Waals surface area contributed by atoms with E-state index in [9.17, 15) is 14.4 Å². The number of carbonyl (C=O) groups is 3. The lowest BCUT2D eigenvalue weighted by Crippen LogP contribution is -2.30. The molecular weight excluding hydrogens is 889 g/mol. The minimum Gasteiger partial charge on any atom is -0.462 e. The highest BCUT2D eigenvalue weighted by Gasteiger charge is 2.19. The smallest absolute Gasteiger partial charge is 0.306 e. The molecule has 0 bridgehead atoms. The molecule has 0 saturated carbocycles. The number of hydrogen-bond donors (Lipinski definition) is 0. The number of esters is 3. The minimum atomic E-state index is -0.780. The lowest BCUT2D eigenvalue weighted by atomic mass is 10.0. The quantitative estimate of drug-likeness (QED) is 0.0261. The summed E-state index contributed by atoms with van der Waals surface area (Å²) < 4.78 is 16.8. The maximum Gasteiger partial charge on any atom is 0.306 e. The van der Waals surface area contributed by atoms with Crippen LogP contribution in [-0.4, -0.2) is 37.2 Å². The van der Waals surface area contributed by atoms with Gasteiger partial charge in [-0.1, -0.05) is 301 Å². The van der Waals surface area contributed by atoms with E-state index in [2.05, 4.69) is 57.2 Å². The monoisotopic (exact) mass is 1010 g/mol. The van der Waals surface area contributed by atoms with Crippen molar-refractivity contribution in [3.05, 3.63) is 36.5 Å². The van der Waals surface area contributed by atoms with Crippen molar-refractivity contribution >= 4 is 17.9 Å². The molecule has 6 heteroatoms. The van der Waals surface area contributed by atoms with Crippen LogP contribution >= 0.6 is 0 Å². The van der Waals surface area contributed by atoms with E-state index in [1.807, 2.05) is 0 Å². The Morgan fingerprint density at radius 2 is 0.542 bits per heavy atom. The van der Waals surface area contributed by atoms with E-state index in [-0.39, 0.29) is 31.1 Å². The zero-order valence-electron chi connectivity index (χ0n) is 48.5. The maximum atomic E-state index is 12.8. The van der Waals surface area contributed by atoms with Gasteiger partial charge in [0.15, 0.2) is 6.10 Å². The van der Waals surface area contributed by atoms with Crippen LogP contribution in [0.1, 0.15) is 348 Å². The van der Waals surface area contributed by atoms with Crippen molar-refractivity contribution in [1.82, 2.24) is 0 Å². The fourth-order valence-electron chi connectivity index (χ4n) is 9.52. The van der Waals surface area contributed by atoms with Crippen molar-refractivity contribution < 1.29 is 28.6 Å². The first-order valence-corrected chi connectivity index (χ1v) is 32.0. The van der Waals surface area contributed by atoms with Crippen molar-refractivity contribution in [3.63, 3.8) is 0 Å². The van der Waals surface area contributed by atoms with E-state index in [1.54, 1.807) is 0 Å². The van der Waals surface area contributed by atoms with Crippen LogP contribution in [0.5, 0.6) is 0 Å². The molecule has 422 valence electrons. The molecule has 1 unspecified atom stereocenters. The molecule has 0 radical (unpaired) electrons. The van der Waals surface area contributed by atoms with E-state index in [0.717, 1.165) is 96.3 Å². The molecule has 0 aliphatic carbocycles. The predicted octanol–water partition coefficient (Wildman–Crippen LogP) is 21.6. The van der Waals surface area contributed by atoms with Crippen molar-refractivity contribution in [2.24, 2.45) is 0 Å². The summed E-state index contributed by atoms with van der Waals surface area (Å²) in [4.78, 5) is 38.1. The molecule has 0 rings (SSSR count). The van der Waals surface area contributed by atoms with E-state index in [1.165, 1.54) is 212 Å². The summed E-state index contributed by atoms with van der Waals surface area (Å²) in [5.41, 5.74) is 0. The molecule has 6 nitrogen and oxygen atoms in total. The van der Waals surface area contributed by atoms with Gasteiger partial charge >= 0.3 is 17.9 Å². The Balaban J connectivity index is 4.06. The molecule has 0 saturated heterocycles. The van der Waals surface area contributed by atoms with Crippen LogP contribution in [0.2, 0.25) is 0 Å². The summed E-state index contributed by atoms with van der Waals surface area (Å²) in [5.74, 6) is -0.885. The molecule has 0 fully saturated rings. The highest BCUT2D eigenvalue weighted by molar-refractivity contribution is 5.71. The molecule has 0 aromatic heterocycles. The molecule has 0 aromatic rings. The first-order chi connectivity index (χ1) is 35.5. The van der Waals surface area contributed by atoms with E-state index in [4.69, 9.17) is 14.2 Å². The summed E-state index contributed by atoms with van der Waals surface area (Å²) in [6, 6.07) is 0. The lowest BCUT2D eigenvalue weighted by molar-refractivity contribution is -0.167. The van der Waals surface area contributed by atoms with Gasteiger partial charge in [0.25, 0.3) is 0 Å². The Bertz CT molecular complexity index is 1210. The standard InChI is InChI=1S/C66H122O6/c1-4-7-10-13-16-19-22-24-26-27-28-29-30-31-32-33-34-35-36-37-38-39-40-41-43-44-47-50-53-56-59-65(68)71-62-63(61-70-64(67)58-55-52-49-46-21-18-15-12-9-6-3)72-66(69)60-57-54-51-48-45-42-25-23-20-17-14-11-8-5-2/h12,14-15,17,23,25,63H,4-11,13,16,18-22,24,26-62H2,1-3H3/b15-12-,17-14-,25-23-. The van der Waals surface area contributed by atoms with Gasteiger partial charge in [0, 0.05) is 19.3 Å². The average molecular weight is 1010 g/mol. The van der Waals surface area contributed by atoms with Gasteiger partial charge in [0.1, 0.15) is 13.2 Å². The van der Waals surface area contributed by atoms with Crippen LogP contribution in [0.25, 0.3) is 0 Å².